The number of carbonyl (C=O) groups excluding carboxylic acids is 1. The molecule has 0 aromatic carbocycles. The largest absolute Gasteiger partial charge is 0.347 e. The zero-order valence-electron chi connectivity index (χ0n) is 12.0. The molecular formula is C15H18N4O2. The van der Waals surface area contributed by atoms with E-state index in [4.69, 9.17) is 0 Å². The van der Waals surface area contributed by atoms with Crippen LogP contribution >= 0.6 is 0 Å². The maximum atomic E-state index is 12.0. The first kappa shape index (κ1) is 14.9. The molecule has 2 rings (SSSR count). The third-order valence-corrected chi connectivity index (χ3v) is 3.00. The Bertz CT molecular complexity index is 652. The van der Waals surface area contributed by atoms with E-state index >= 15 is 0 Å². The molecule has 2 aromatic rings. The molecule has 2 aromatic heterocycles. The molecule has 0 unspecified atom stereocenters. The zero-order chi connectivity index (χ0) is 15.1. The second-order valence-electron chi connectivity index (χ2n) is 4.68. The van der Waals surface area contributed by atoms with Gasteiger partial charge >= 0.3 is 0 Å². The molecular weight excluding hydrogens is 268 g/mol. The number of rotatable bonds is 6. The van der Waals surface area contributed by atoms with Gasteiger partial charge in [-0.2, -0.15) is 5.10 Å². The van der Waals surface area contributed by atoms with Gasteiger partial charge in [-0.3, -0.25) is 14.6 Å². The molecule has 1 amide bonds. The minimum Gasteiger partial charge on any atom is -0.347 e. The highest BCUT2D eigenvalue weighted by Crippen LogP contribution is 1.97. The molecule has 0 atom stereocenters. The van der Waals surface area contributed by atoms with Gasteiger partial charge in [0.05, 0.1) is 0 Å². The van der Waals surface area contributed by atoms with Crippen LogP contribution in [0, 0.1) is 0 Å². The summed E-state index contributed by atoms with van der Waals surface area (Å²) in [6.45, 7) is 2.94. The number of amides is 1. The Morgan fingerprint density at radius 3 is 2.90 bits per heavy atom. The second kappa shape index (κ2) is 7.33. The smallest absolute Gasteiger partial charge is 0.271 e. The van der Waals surface area contributed by atoms with Gasteiger partial charge in [-0.25, -0.2) is 4.68 Å². The summed E-state index contributed by atoms with van der Waals surface area (Å²) in [5.41, 5.74) is 0.965. The average Bonchev–Trinajstić information content (AvgIpc) is 2.53. The van der Waals surface area contributed by atoms with E-state index in [2.05, 4.69) is 15.4 Å². The van der Waals surface area contributed by atoms with Crippen LogP contribution in [0.1, 0.15) is 35.8 Å². The van der Waals surface area contributed by atoms with E-state index < -0.39 is 0 Å². The quantitative estimate of drug-likeness (QED) is 0.870. The van der Waals surface area contributed by atoms with Crippen LogP contribution in [0.5, 0.6) is 0 Å². The summed E-state index contributed by atoms with van der Waals surface area (Å²) in [5.74, 6) is -0.302. The van der Waals surface area contributed by atoms with E-state index in [0.717, 1.165) is 18.4 Å². The first-order valence-electron chi connectivity index (χ1n) is 6.96. The summed E-state index contributed by atoms with van der Waals surface area (Å²) >= 11 is 0. The number of hydrogen-bond donors (Lipinski definition) is 1. The fraction of sp³-hybridized carbons (Fsp3) is 0.333. The van der Waals surface area contributed by atoms with Gasteiger partial charge in [0, 0.05) is 31.5 Å². The Morgan fingerprint density at radius 2 is 2.19 bits per heavy atom. The number of nitrogens with zero attached hydrogens (tertiary/aromatic N) is 3. The molecule has 0 fully saturated rings. The molecule has 0 bridgehead atoms. The van der Waals surface area contributed by atoms with Gasteiger partial charge < -0.3 is 5.32 Å². The molecule has 0 saturated carbocycles. The first-order valence-corrected chi connectivity index (χ1v) is 6.96. The van der Waals surface area contributed by atoms with Crippen LogP contribution in [0.25, 0.3) is 0 Å². The first-order chi connectivity index (χ1) is 10.2. The topological polar surface area (TPSA) is 76.9 Å². The Hall–Kier alpha value is -2.50. The molecule has 110 valence electrons. The molecule has 0 aliphatic carbocycles. The minimum absolute atomic E-state index is 0.188. The fourth-order valence-corrected chi connectivity index (χ4v) is 1.81. The minimum atomic E-state index is -0.302. The highest BCUT2D eigenvalue weighted by atomic mass is 16.2. The zero-order valence-corrected chi connectivity index (χ0v) is 12.0. The Kier molecular flexibility index (Phi) is 5.20. The van der Waals surface area contributed by atoms with Crippen molar-refractivity contribution in [2.45, 2.75) is 32.9 Å². The van der Waals surface area contributed by atoms with Crippen LogP contribution in [0.3, 0.4) is 0 Å². The Balaban J connectivity index is 2.03. The normalized spacial score (nSPS) is 10.3. The second-order valence-corrected chi connectivity index (χ2v) is 4.68. The standard InChI is InChI=1S/C15H18N4O2/c1-2-3-9-19-14(20)7-6-13(18-19)15(21)17-11-12-5-4-8-16-10-12/h4-8,10H,2-3,9,11H2,1H3,(H,17,21). The Morgan fingerprint density at radius 1 is 1.33 bits per heavy atom. The molecule has 0 saturated heterocycles. The van der Waals surface area contributed by atoms with Crippen LogP contribution < -0.4 is 10.9 Å². The van der Waals surface area contributed by atoms with Crippen molar-refractivity contribution in [2.24, 2.45) is 0 Å². The summed E-state index contributed by atoms with van der Waals surface area (Å²) < 4.78 is 1.34. The molecule has 0 aliphatic rings. The van der Waals surface area contributed by atoms with Crippen molar-refractivity contribution in [1.82, 2.24) is 20.1 Å². The summed E-state index contributed by atoms with van der Waals surface area (Å²) in [6.07, 6.45) is 5.19. The molecule has 6 nitrogen and oxygen atoms in total. The maximum absolute atomic E-state index is 12.0. The molecule has 0 radical (unpaired) electrons. The van der Waals surface area contributed by atoms with E-state index in [1.165, 1.54) is 16.8 Å². The summed E-state index contributed by atoms with van der Waals surface area (Å²) in [5, 5.41) is 6.86. The summed E-state index contributed by atoms with van der Waals surface area (Å²) in [6, 6.07) is 6.51. The van der Waals surface area contributed by atoms with Crippen LogP contribution in [0.15, 0.2) is 41.5 Å². The van der Waals surface area contributed by atoms with E-state index in [9.17, 15) is 9.59 Å². The van der Waals surface area contributed by atoms with Gasteiger partial charge in [-0.05, 0) is 24.1 Å². The number of aromatic nitrogens is 3. The summed E-state index contributed by atoms with van der Waals surface area (Å²) in [7, 11) is 0. The molecule has 0 aliphatic heterocycles. The number of nitrogens with one attached hydrogen (secondary N) is 1. The van der Waals surface area contributed by atoms with Crippen molar-refractivity contribution in [3.63, 3.8) is 0 Å². The highest BCUT2D eigenvalue weighted by molar-refractivity contribution is 5.91. The van der Waals surface area contributed by atoms with Gasteiger partial charge in [0.2, 0.25) is 0 Å². The van der Waals surface area contributed by atoms with Gasteiger partial charge in [0.25, 0.3) is 11.5 Å². The van der Waals surface area contributed by atoms with E-state index in [0.29, 0.717) is 13.1 Å². The van der Waals surface area contributed by atoms with Crippen LogP contribution in [-0.2, 0) is 13.1 Å². The SMILES string of the molecule is CCCCn1nc(C(=O)NCc2cccnc2)ccc1=O. The van der Waals surface area contributed by atoms with Crippen LogP contribution in [0.2, 0.25) is 0 Å². The van der Waals surface area contributed by atoms with Crippen molar-refractivity contribution in [2.75, 3.05) is 0 Å². The third kappa shape index (κ3) is 4.24. The number of carbonyl (C=O) groups is 1. The highest BCUT2D eigenvalue weighted by Gasteiger charge is 2.09. The molecule has 1 N–H and O–H groups in total. The number of pyridine rings is 1. The van der Waals surface area contributed by atoms with Crippen molar-refractivity contribution in [1.29, 1.82) is 0 Å². The fourth-order valence-electron chi connectivity index (χ4n) is 1.81. The third-order valence-electron chi connectivity index (χ3n) is 3.00. The Labute approximate surface area is 122 Å². The van der Waals surface area contributed by atoms with E-state index in [1.54, 1.807) is 12.4 Å². The van der Waals surface area contributed by atoms with Crippen molar-refractivity contribution in [3.05, 3.63) is 58.3 Å². The lowest BCUT2D eigenvalue weighted by Gasteiger charge is -2.07. The van der Waals surface area contributed by atoms with E-state index in [1.807, 2.05) is 19.1 Å². The number of hydrogen-bond acceptors (Lipinski definition) is 4. The molecule has 21 heavy (non-hydrogen) atoms. The lowest BCUT2D eigenvalue weighted by atomic mass is 10.3. The van der Waals surface area contributed by atoms with Crippen LogP contribution in [-0.4, -0.2) is 20.7 Å². The average molecular weight is 286 g/mol. The van der Waals surface area contributed by atoms with Gasteiger partial charge in [0.1, 0.15) is 5.69 Å². The molecule has 2 heterocycles. The lowest BCUT2D eigenvalue weighted by molar-refractivity contribution is 0.0943. The summed E-state index contributed by atoms with van der Waals surface area (Å²) in [4.78, 5) is 27.7. The van der Waals surface area contributed by atoms with Crippen LogP contribution in [0.4, 0.5) is 0 Å². The van der Waals surface area contributed by atoms with Crippen molar-refractivity contribution in [3.8, 4) is 0 Å². The predicted octanol–water partition coefficient (Wildman–Crippen LogP) is 1.37. The van der Waals surface area contributed by atoms with Gasteiger partial charge in [-0.15, -0.1) is 0 Å². The maximum Gasteiger partial charge on any atom is 0.271 e. The van der Waals surface area contributed by atoms with Gasteiger partial charge in [0.15, 0.2) is 0 Å². The van der Waals surface area contributed by atoms with Gasteiger partial charge in [-0.1, -0.05) is 19.4 Å². The van der Waals surface area contributed by atoms with Crippen molar-refractivity contribution < 1.29 is 4.79 Å². The van der Waals surface area contributed by atoms with Crippen molar-refractivity contribution >= 4 is 5.91 Å². The number of aryl methyl sites for hydroxylation is 1. The molecule has 6 heteroatoms. The lowest BCUT2D eigenvalue weighted by Crippen LogP contribution is -2.29. The van der Waals surface area contributed by atoms with E-state index in [-0.39, 0.29) is 17.2 Å². The number of unbranched alkanes of at least 4 members (excludes halogenated alkanes) is 1. The monoisotopic (exact) mass is 286 g/mol. The predicted molar refractivity (Wildman–Crippen MR) is 78.8 cm³/mol. The molecule has 0 spiro atoms.